The van der Waals surface area contributed by atoms with Gasteiger partial charge in [0.2, 0.25) is 0 Å². The Labute approximate surface area is 120 Å². The lowest BCUT2D eigenvalue weighted by Crippen LogP contribution is -2.07. The van der Waals surface area contributed by atoms with Gasteiger partial charge in [-0.2, -0.15) is 0 Å². The Morgan fingerprint density at radius 3 is 2.45 bits per heavy atom. The maximum absolute atomic E-state index is 12.4. The van der Waals surface area contributed by atoms with Crippen LogP contribution in [0.4, 0.5) is 0 Å². The second-order valence-corrected chi connectivity index (χ2v) is 4.93. The van der Waals surface area contributed by atoms with E-state index in [2.05, 4.69) is 6.92 Å². The number of rotatable bonds is 6. The Morgan fingerprint density at radius 2 is 1.75 bits per heavy atom. The van der Waals surface area contributed by atoms with Gasteiger partial charge in [0.05, 0.1) is 12.2 Å². The van der Waals surface area contributed by atoms with E-state index in [-0.39, 0.29) is 5.78 Å². The topological polar surface area (TPSA) is 26.3 Å². The first-order chi connectivity index (χ1) is 9.70. The molecule has 0 aliphatic heterocycles. The number of ether oxygens (including phenoxy) is 1. The number of carbonyl (C=O) groups excluding carboxylic acids is 1. The fourth-order valence-corrected chi connectivity index (χ4v) is 2.02. The largest absolute Gasteiger partial charge is 0.493 e. The molecular formula is C18H20O2. The number of Topliss-reactive ketones (excluding diaryl/α,β-unsaturated/α-hetero) is 1. The van der Waals surface area contributed by atoms with Crippen LogP contribution in [0.25, 0.3) is 0 Å². The van der Waals surface area contributed by atoms with E-state index in [1.54, 1.807) is 0 Å². The molecule has 0 amide bonds. The van der Waals surface area contributed by atoms with Gasteiger partial charge in [0, 0.05) is 6.42 Å². The summed E-state index contributed by atoms with van der Waals surface area (Å²) in [6.07, 6.45) is 1.34. The highest BCUT2D eigenvalue weighted by atomic mass is 16.5. The van der Waals surface area contributed by atoms with Crippen LogP contribution in [0, 0.1) is 6.92 Å². The van der Waals surface area contributed by atoms with E-state index in [1.807, 2.05) is 55.5 Å². The van der Waals surface area contributed by atoms with E-state index in [1.165, 1.54) is 5.56 Å². The summed E-state index contributed by atoms with van der Waals surface area (Å²) in [5, 5.41) is 0. The summed E-state index contributed by atoms with van der Waals surface area (Å²) in [7, 11) is 0. The first-order valence-electron chi connectivity index (χ1n) is 7.01. The first-order valence-corrected chi connectivity index (χ1v) is 7.01. The highest BCUT2D eigenvalue weighted by Gasteiger charge is 2.12. The molecule has 0 spiro atoms. The van der Waals surface area contributed by atoms with Gasteiger partial charge in [-0.1, -0.05) is 48.9 Å². The highest BCUT2D eigenvalue weighted by molar-refractivity contribution is 5.99. The van der Waals surface area contributed by atoms with Crippen LogP contribution in [-0.4, -0.2) is 12.4 Å². The van der Waals surface area contributed by atoms with Gasteiger partial charge in [-0.05, 0) is 31.0 Å². The van der Waals surface area contributed by atoms with Crippen LogP contribution in [0.2, 0.25) is 0 Å². The third-order valence-electron chi connectivity index (χ3n) is 3.13. The van der Waals surface area contributed by atoms with Crippen molar-refractivity contribution in [2.45, 2.75) is 26.7 Å². The van der Waals surface area contributed by atoms with Crippen molar-refractivity contribution < 1.29 is 9.53 Å². The summed E-state index contributed by atoms with van der Waals surface area (Å²) in [4.78, 5) is 12.4. The molecule has 0 bridgehead atoms. The van der Waals surface area contributed by atoms with Crippen molar-refractivity contribution in [1.29, 1.82) is 0 Å². The van der Waals surface area contributed by atoms with Crippen molar-refractivity contribution in [3.63, 3.8) is 0 Å². The quantitative estimate of drug-likeness (QED) is 0.734. The molecule has 0 atom stereocenters. The molecule has 2 aromatic carbocycles. The number of ketones is 1. The van der Waals surface area contributed by atoms with E-state index < -0.39 is 0 Å². The summed E-state index contributed by atoms with van der Waals surface area (Å²) in [6.45, 7) is 4.73. The maximum atomic E-state index is 12.4. The number of hydrogen-bond acceptors (Lipinski definition) is 2. The molecule has 0 radical (unpaired) electrons. The Hall–Kier alpha value is -2.09. The second-order valence-electron chi connectivity index (χ2n) is 4.93. The van der Waals surface area contributed by atoms with E-state index in [0.717, 1.165) is 12.0 Å². The molecule has 0 aromatic heterocycles. The van der Waals surface area contributed by atoms with Crippen LogP contribution < -0.4 is 4.74 Å². The van der Waals surface area contributed by atoms with Crippen LogP contribution >= 0.6 is 0 Å². The minimum atomic E-state index is 0.0977. The third kappa shape index (κ3) is 3.70. The summed E-state index contributed by atoms with van der Waals surface area (Å²) in [6, 6.07) is 15.5. The number of hydrogen-bond donors (Lipinski definition) is 0. The van der Waals surface area contributed by atoms with Gasteiger partial charge in [0.15, 0.2) is 5.78 Å². The van der Waals surface area contributed by atoms with Crippen molar-refractivity contribution in [1.82, 2.24) is 0 Å². The Morgan fingerprint density at radius 1 is 1.05 bits per heavy atom. The average Bonchev–Trinajstić information content (AvgIpc) is 2.47. The molecule has 0 saturated heterocycles. The Kier molecular flexibility index (Phi) is 4.94. The van der Waals surface area contributed by atoms with Gasteiger partial charge in [-0.3, -0.25) is 4.79 Å². The van der Waals surface area contributed by atoms with E-state index in [4.69, 9.17) is 4.74 Å². The lowest BCUT2D eigenvalue weighted by atomic mass is 10.0. The first kappa shape index (κ1) is 14.3. The molecule has 2 rings (SSSR count). The van der Waals surface area contributed by atoms with E-state index >= 15 is 0 Å². The molecule has 2 nitrogen and oxygen atoms in total. The van der Waals surface area contributed by atoms with Gasteiger partial charge in [-0.15, -0.1) is 0 Å². The van der Waals surface area contributed by atoms with Crippen LogP contribution in [0.3, 0.4) is 0 Å². The van der Waals surface area contributed by atoms with Crippen molar-refractivity contribution in [2.24, 2.45) is 0 Å². The summed E-state index contributed by atoms with van der Waals surface area (Å²) < 4.78 is 5.64. The predicted molar refractivity (Wildman–Crippen MR) is 81.4 cm³/mol. The fraction of sp³-hybridized carbons (Fsp3) is 0.278. The lowest BCUT2D eigenvalue weighted by molar-refractivity contribution is 0.0989. The van der Waals surface area contributed by atoms with Gasteiger partial charge < -0.3 is 4.74 Å². The van der Waals surface area contributed by atoms with Crippen molar-refractivity contribution in [2.75, 3.05) is 6.61 Å². The monoisotopic (exact) mass is 268 g/mol. The van der Waals surface area contributed by atoms with Crippen LogP contribution in [0.5, 0.6) is 5.75 Å². The van der Waals surface area contributed by atoms with Crippen LogP contribution in [-0.2, 0) is 6.42 Å². The predicted octanol–water partition coefficient (Wildman–Crippen LogP) is 4.21. The minimum Gasteiger partial charge on any atom is -0.493 e. The van der Waals surface area contributed by atoms with Crippen molar-refractivity contribution >= 4 is 5.78 Å². The van der Waals surface area contributed by atoms with E-state index in [9.17, 15) is 4.79 Å². The van der Waals surface area contributed by atoms with Crippen LogP contribution in [0.15, 0.2) is 48.5 Å². The standard InChI is InChI=1S/C18H20O2/c1-3-12-20-18-7-5-4-6-16(18)17(19)13-15-10-8-14(2)9-11-15/h4-11H,3,12-13H2,1-2H3. The molecule has 104 valence electrons. The molecule has 2 aromatic rings. The van der Waals surface area contributed by atoms with Gasteiger partial charge in [0.1, 0.15) is 5.75 Å². The molecule has 2 heteroatoms. The zero-order chi connectivity index (χ0) is 14.4. The zero-order valence-corrected chi connectivity index (χ0v) is 12.1. The highest BCUT2D eigenvalue weighted by Crippen LogP contribution is 2.20. The molecule has 0 fully saturated rings. The average molecular weight is 268 g/mol. The minimum absolute atomic E-state index is 0.0977. The second kappa shape index (κ2) is 6.90. The normalized spacial score (nSPS) is 10.3. The Balaban J connectivity index is 2.14. The van der Waals surface area contributed by atoms with Gasteiger partial charge in [-0.25, -0.2) is 0 Å². The Bertz CT molecular complexity index is 570. The summed E-state index contributed by atoms with van der Waals surface area (Å²) in [5.74, 6) is 0.784. The molecular weight excluding hydrogens is 248 g/mol. The fourth-order valence-electron chi connectivity index (χ4n) is 2.02. The molecule has 0 aliphatic rings. The molecule has 0 heterocycles. The molecule has 0 N–H and O–H groups in total. The lowest BCUT2D eigenvalue weighted by Gasteiger charge is -2.10. The summed E-state index contributed by atoms with van der Waals surface area (Å²) in [5.41, 5.74) is 2.90. The molecule has 0 unspecified atom stereocenters. The number of carbonyl (C=O) groups is 1. The summed E-state index contributed by atoms with van der Waals surface area (Å²) >= 11 is 0. The smallest absolute Gasteiger partial charge is 0.170 e. The van der Waals surface area contributed by atoms with Crippen LogP contribution in [0.1, 0.15) is 34.8 Å². The number of benzene rings is 2. The van der Waals surface area contributed by atoms with Gasteiger partial charge in [0.25, 0.3) is 0 Å². The third-order valence-corrected chi connectivity index (χ3v) is 3.13. The molecule has 0 saturated carbocycles. The molecule has 20 heavy (non-hydrogen) atoms. The van der Waals surface area contributed by atoms with Gasteiger partial charge >= 0.3 is 0 Å². The van der Waals surface area contributed by atoms with Crippen molar-refractivity contribution in [3.8, 4) is 5.75 Å². The molecule has 0 aliphatic carbocycles. The number of aryl methyl sites for hydroxylation is 1. The zero-order valence-electron chi connectivity index (χ0n) is 12.1. The van der Waals surface area contributed by atoms with Crippen molar-refractivity contribution in [3.05, 3.63) is 65.2 Å². The van der Waals surface area contributed by atoms with E-state index in [0.29, 0.717) is 24.3 Å². The number of para-hydroxylation sites is 1. The maximum Gasteiger partial charge on any atom is 0.170 e. The SMILES string of the molecule is CCCOc1ccccc1C(=O)Cc1ccc(C)cc1.